The quantitative estimate of drug-likeness (QED) is 0.216. The van der Waals surface area contributed by atoms with Crippen LogP contribution in [0.15, 0.2) is 72.2 Å². The summed E-state index contributed by atoms with van der Waals surface area (Å²) in [4.78, 5) is 18.1. The average molecular weight is 560 g/mol. The Morgan fingerprint density at radius 3 is 2.60 bits per heavy atom. The van der Waals surface area contributed by atoms with Crippen molar-refractivity contribution in [2.75, 3.05) is 6.61 Å². The molecule has 0 bridgehead atoms. The summed E-state index contributed by atoms with van der Waals surface area (Å²) in [6.07, 6.45) is -4.02. The van der Waals surface area contributed by atoms with Crippen LogP contribution in [0.1, 0.15) is 21.6 Å². The van der Waals surface area contributed by atoms with Crippen LogP contribution in [0.25, 0.3) is 32.2 Å². The van der Waals surface area contributed by atoms with Gasteiger partial charge in [-0.25, -0.2) is 4.98 Å². The summed E-state index contributed by atoms with van der Waals surface area (Å²) in [6.45, 7) is 1.86. The zero-order valence-electron chi connectivity index (χ0n) is 21.6. The molecule has 10 heteroatoms. The maximum absolute atomic E-state index is 13.5. The number of carbonyl (C=O) groups excluding carboxylic acids is 1. The summed E-state index contributed by atoms with van der Waals surface area (Å²) < 4.78 is 7.21. The number of hydrogen-bond donors (Lipinski definition) is 5. The van der Waals surface area contributed by atoms with Gasteiger partial charge in [0, 0.05) is 40.3 Å². The Morgan fingerprint density at radius 1 is 1.05 bits per heavy atom. The number of aliphatic hydroxyl groups is 4. The van der Waals surface area contributed by atoms with Gasteiger partial charge in [0.25, 0.3) is 5.91 Å². The fraction of sp³-hybridized carbons (Fsp3) is 0.267. The van der Waals surface area contributed by atoms with Crippen LogP contribution in [-0.4, -0.2) is 73.1 Å². The molecule has 2 aromatic heterocycles. The van der Waals surface area contributed by atoms with Crippen molar-refractivity contribution in [3.63, 3.8) is 0 Å². The maximum atomic E-state index is 13.5. The van der Waals surface area contributed by atoms with E-state index in [1.54, 1.807) is 17.5 Å². The lowest BCUT2D eigenvalue weighted by Crippen LogP contribution is -2.64. The largest absolute Gasteiger partial charge is 0.394 e. The number of nitrogens with one attached hydrogen (secondary N) is 1. The second kappa shape index (κ2) is 10.7. The number of thiazole rings is 1. The third-order valence-corrected chi connectivity index (χ3v) is 8.37. The number of aryl methyl sites for hydroxylation is 1. The van der Waals surface area contributed by atoms with E-state index in [1.807, 2.05) is 47.2 Å². The second-order valence-corrected chi connectivity index (χ2v) is 11.0. The smallest absolute Gasteiger partial charge is 0.253 e. The minimum absolute atomic E-state index is 0.343. The Hall–Kier alpha value is -3.64. The SMILES string of the molecule is Cc1csc(-c2ccc3c(C(=O)N[C@H]4C(O)O[C@H](CO)[C@@H](O)C4O)cn(Cc4ccc5ccccc5c4)c3c2)n1. The lowest BCUT2D eigenvalue weighted by molar-refractivity contribution is -0.252. The monoisotopic (exact) mass is 559 g/mol. The van der Waals surface area contributed by atoms with Crippen molar-refractivity contribution in [1.29, 1.82) is 0 Å². The number of rotatable bonds is 6. The minimum Gasteiger partial charge on any atom is -0.394 e. The molecule has 5 aromatic rings. The van der Waals surface area contributed by atoms with Gasteiger partial charge >= 0.3 is 0 Å². The summed E-state index contributed by atoms with van der Waals surface area (Å²) in [5.41, 5.74) is 4.09. The van der Waals surface area contributed by atoms with E-state index in [2.05, 4.69) is 40.6 Å². The third kappa shape index (κ3) is 4.90. The number of nitrogens with zero attached hydrogens (tertiary/aromatic N) is 2. The Labute approximate surface area is 233 Å². The van der Waals surface area contributed by atoms with Crippen molar-refractivity contribution in [3.8, 4) is 10.6 Å². The van der Waals surface area contributed by atoms with Gasteiger partial charge in [-0.05, 0) is 35.4 Å². The van der Waals surface area contributed by atoms with E-state index in [-0.39, 0.29) is 0 Å². The third-order valence-electron chi connectivity index (χ3n) is 7.36. The Kier molecular flexibility index (Phi) is 7.13. The average Bonchev–Trinajstić information content (AvgIpc) is 3.56. The molecule has 206 valence electrons. The van der Waals surface area contributed by atoms with Gasteiger partial charge in [-0.1, -0.05) is 48.5 Å². The minimum atomic E-state index is -1.61. The van der Waals surface area contributed by atoms with Gasteiger partial charge in [-0.3, -0.25) is 4.79 Å². The van der Waals surface area contributed by atoms with Crippen LogP contribution in [0, 0.1) is 6.92 Å². The molecule has 1 aliphatic heterocycles. The highest BCUT2D eigenvalue weighted by Crippen LogP contribution is 2.31. The van der Waals surface area contributed by atoms with Crippen molar-refractivity contribution in [2.45, 2.75) is 44.1 Å². The highest BCUT2D eigenvalue weighted by molar-refractivity contribution is 7.13. The maximum Gasteiger partial charge on any atom is 0.253 e. The molecule has 1 fully saturated rings. The molecule has 2 unspecified atom stereocenters. The number of ether oxygens (including phenoxy) is 1. The molecule has 40 heavy (non-hydrogen) atoms. The standard InChI is InChI=1S/C30H29N3O6S/c1-16-15-40-29(31-16)20-8-9-21-22(28(37)32-25-27(36)26(35)24(14-34)39-30(25)38)13-33(23(21)11-20)12-17-6-7-18-4-2-3-5-19(18)10-17/h2-11,13,15,24-27,30,34-36,38H,12,14H2,1H3,(H,32,37)/t24-,25-,26-,27?,30?/m1/s1. The van der Waals surface area contributed by atoms with E-state index in [1.165, 1.54) is 0 Å². The van der Waals surface area contributed by atoms with E-state index in [9.17, 15) is 25.2 Å². The van der Waals surface area contributed by atoms with Gasteiger partial charge in [0.15, 0.2) is 6.29 Å². The summed E-state index contributed by atoms with van der Waals surface area (Å²) in [5, 5.41) is 49.0. The summed E-state index contributed by atoms with van der Waals surface area (Å²) >= 11 is 1.55. The predicted octanol–water partition coefficient (Wildman–Crippen LogP) is 2.80. The summed E-state index contributed by atoms with van der Waals surface area (Å²) in [5.74, 6) is -0.540. The first-order chi connectivity index (χ1) is 19.3. The molecule has 5 N–H and O–H groups in total. The van der Waals surface area contributed by atoms with Gasteiger partial charge in [0.2, 0.25) is 0 Å². The molecule has 0 spiro atoms. The molecule has 9 nitrogen and oxygen atoms in total. The predicted molar refractivity (Wildman–Crippen MR) is 152 cm³/mol. The second-order valence-electron chi connectivity index (χ2n) is 10.1. The van der Waals surface area contributed by atoms with Crippen molar-refractivity contribution < 1.29 is 30.0 Å². The molecular weight excluding hydrogens is 530 g/mol. The van der Waals surface area contributed by atoms with E-state index >= 15 is 0 Å². The lowest BCUT2D eigenvalue weighted by atomic mass is 9.96. The zero-order valence-corrected chi connectivity index (χ0v) is 22.5. The van der Waals surface area contributed by atoms with Crippen LogP contribution in [-0.2, 0) is 11.3 Å². The molecule has 5 atom stereocenters. The van der Waals surface area contributed by atoms with Crippen LogP contribution in [0.5, 0.6) is 0 Å². The number of fused-ring (bicyclic) bond motifs is 2. The Balaban J connectivity index is 1.38. The molecule has 3 heterocycles. The Bertz CT molecular complexity index is 1700. The fourth-order valence-corrected chi connectivity index (χ4v) is 6.03. The molecule has 0 radical (unpaired) electrons. The molecular formula is C30H29N3O6S. The number of aromatic nitrogens is 2. The van der Waals surface area contributed by atoms with Crippen LogP contribution >= 0.6 is 11.3 Å². The van der Waals surface area contributed by atoms with Gasteiger partial charge in [0.05, 0.1) is 12.2 Å². The highest BCUT2D eigenvalue weighted by atomic mass is 32.1. The number of benzene rings is 3. The first kappa shape index (κ1) is 26.6. The van der Waals surface area contributed by atoms with Crippen molar-refractivity contribution in [2.24, 2.45) is 0 Å². The van der Waals surface area contributed by atoms with Crippen LogP contribution in [0.2, 0.25) is 0 Å². The molecule has 0 saturated carbocycles. The van der Waals surface area contributed by atoms with Gasteiger partial charge in [-0.15, -0.1) is 11.3 Å². The van der Waals surface area contributed by atoms with Crippen LogP contribution in [0.4, 0.5) is 0 Å². The molecule has 3 aromatic carbocycles. The van der Waals surface area contributed by atoms with E-state index in [0.29, 0.717) is 17.5 Å². The molecule has 1 aliphatic rings. The molecule has 1 saturated heterocycles. The van der Waals surface area contributed by atoms with Crippen LogP contribution in [0.3, 0.4) is 0 Å². The van der Waals surface area contributed by atoms with Crippen molar-refractivity contribution in [1.82, 2.24) is 14.9 Å². The van der Waals surface area contributed by atoms with Gasteiger partial charge in [0.1, 0.15) is 29.4 Å². The summed E-state index contributed by atoms with van der Waals surface area (Å²) in [6, 6.07) is 18.9. The molecule has 6 rings (SSSR count). The number of aliphatic hydroxyl groups excluding tert-OH is 4. The Morgan fingerprint density at radius 2 is 1.85 bits per heavy atom. The van der Waals surface area contributed by atoms with E-state index in [4.69, 9.17) is 4.74 Å². The number of amides is 1. The normalized spacial score (nSPS) is 23.1. The van der Waals surface area contributed by atoms with E-state index in [0.717, 1.165) is 38.1 Å². The molecule has 0 aliphatic carbocycles. The lowest BCUT2D eigenvalue weighted by Gasteiger charge is -2.40. The molecule has 1 amide bonds. The first-order valence-corrected chi connectivity index (χ1v) is 13.8. The number of hydrogen-bond acceptors (Lipinski definition) is 8. The summed E-state index contributed by atoms with van der Waals surface area (Å²) in [7, 11) is 0. The van der Waals surface area contributed by atoms with Crippen molar-refractivity contribution in [3.05, 3.63) is 89.1 Å². The van der Waals surface area contributed by atoms with Gasteiger partial charge < -0.3 is 35.0 Å². The van der Waals surface area contributed by atoms with Gasteiger partial charge in [-0.2, -0.15) is 0 Å². The topological polar surface area (TPSA) is 137 Å². The number of carbonyl (C=O) groups is 1. The zero-order chi connectivity index (χ0) is 28.0. The van der Waals surface area contributed by atoms with E-state index < -0.39 is 43.2 Å². The van der Waals surface area contributed by atoms with Crippen LogP contribution < -0.4 is 5.32 Å². The first-order valence-electron chi connectivity index (χ1n) is 13.0. The van der Waals surface area contributed by atoms with Crippen molar-refractivity contribution >= 4 is 38.9 Å². The fourth-order valence-electron chi connectivity index (χ4n) is 5.24. The highest BCUT2D eigenvalue weighted by Gasteiger charge is 2.44.